The molecule has 0 unspecified atom stereocenters. The van der Waals surface area contributed by atoms with E-state index in [1.54, 1.807) is 24.3 Å². The van der Waals surface area contributed by atoms with Gasteiger partial charge in [-0.3, -0.25) is 14.4 Å². The summed E-state index contributed by atoms with van der Waals surface area (Å²) in [5, 5.41) is 9.43. The maximum absolute atomic E-state index is 13.3. The number of carbonyl (C=O) groups excluding carboxylic acids is 2. The second-order valence-electron chi connectivity index (χ2n) is 6.94. The Morgan fingerprint density at radius 3 is 2.03 bits per heavy atom. The topological polar surface area (TPSA) is 91.9 Å². The normalized spacial score (nSPS) is 10.5. The molecule has 3 aromatic carbocycles. The molecule has 1 heterocycles. The predicted molar refractivity (Wildman–Crippen MR) is 120 cm³/mol. The molecule has 0 fully saturated rings. The average molecular weight is 409 g/mol. The Kier molecular flexibility index (Phi) is 5.53. The molecule has 0 saturated heterocycles. The molecular weight excluding hydrogens is 390 g/mol. The van der Waals surface area contributed by atoms with Crippen LogP contribution in [-0.4, -0.2) is 21.9 Å². The SMILES string of the molecule is CC(=O)c1ccccc1NC(=O)c1c(-c2ccccc2)c(-c2ccccc2)n[nH]c1=O. The lowest BCUT2D eigenvalue weighted by molar-refractivity contribution is 0.101. The van der Waals surface area contributed by atoms with E-state index in [4.69, 9.17) is 0 Å². The molecule has 0 saturated carbocycles. The number of benzene rings is 3. The Morgan fingerprint density at radius 2 is 1.39 bits per heavy atom. The van der Waals surface area contributed by atoms with Gasteiger partial charge in [-0.2, -0.15) is 5.10 Å². The third-order valence-corrected chi connectivity index (χ3v) is 4.87. The van der Waals surface area contributed by atoms with Gasteiger partial charge < -0.3 is 5.32 Å². The summed E-state index contributed by atoms with van der Waals surface area (Å²) < 4.78 is 0. The van der Waals surface area contributed by atoms with E-state index in [-0.39, 0.29) is 11.3 Å². The molecule has 0 spiro atoms. The Morgan fingerprint density at radius 1 is 0.806 bits per heavy atom. The number of rotatable bonds is 5. The van der Waals surface area contributed by atoms with Crippen LogP contribution in [0.15, 0.2) is 89.7 Å². The minimum Gasteiger partial charge on any atom is -0.321 e. The number of aromatic nitrogens is 2. The quantitative estimate of drug-likeness (QED) is 0.473. The molecule has 152 valence electrons. The average Bonchev–Trinajstić information content (AvgIpc) is 2.80. The van der Waals surface area contributed by atoms with Crippen LogP contribution in [0, 0.1) is 0 Å². The van der Waals surface area contributed by atoms with Crippen molar-refractivity contribution in [3.05, 3.63) is 106 Å². The van der Waals surface area contributed by atoms with E-state index in [9.17, 15) is 14.4 Å². The van der Waals surface area contributed by atoms with Crippen molar-refractivity contribution in [2.75, 3.05) is 5.32 Å². The van der Waals surface area contributed by atoms with Crippen molar-refractivity contribution in [2.24, 2.45) is 0 Å². The molecular formula is C25H19N3O3. The molecule has 0 radical (unpaired) electrons. The van der Waals surface area contributed by atoms with Gasteiger partial charge in [0.15, 0.2) is 5.78 Å². The predicted octanol–water partition coefficient (Wildman–Crippen LogP) is 4.56. The summed E-state index contributed by atoms with van der Waals surface area (Å²) in [6.07, 6.45) is 0. The van der Waals surface area contributed by atoms with Crippen LogP contribution >= 0.6 is 0 Å². The molecule has 1 aromatic heterocycles. The molecule has 4 rings (SSSR count). The highest BCUT2D eigenvalue weighted by molar-refractivity contribution is 6.12. The zero-order valence-corrected chi connectivity index (χ0v) is 16.8. The molecule has 6 heteroatoms. The maximum atomic E-state index is 13.3. The third kappa shape index (κ3) is 4.04. The van der Waals surface area contributed by atoms with Crippen LogP contribution in [0.2, 0.25) is 0 Å². The van der Waals surface area contributed by atoms with Crippen molar-refractivity contribution in [1.29, 1.82) is 0 Å². The number of nitrogens with zero attached hydrogens (tertiary/aromatic N) is 1. The third-order valence-electron chi connectivity index (χ3n) is 4.87. The first-order valence-corrected chi connectivity index (χ1v) is 9.71. The highest BCUT2D eigenvalue weighted by atomic mass is 16.2. The number of para-hydroxylation sites is 1. The summed E-state index contributed by atoms with van der Waals surface area (Å²) in [5.74, 6) is -0.804. The first-order chi connectivity index (χ1) is 15.1. The van der Waals surface area contributed by atoms with Crippen LogP contribution < -0.4 is 10.9 Å². The Bertz CT molecular complexity index is 1310. The number of Topliss-reactive ketones (excluding diaryl/α,β-unsaturated/α-hetero) is 1. The van der Waals surface area contributed by atoms with Crippen LogP contribution in [0.4, 0.5) is 5.69 Å². The Balaban J connectivity index is 1.91. The van der Waals surface area contributed by atoms with Crippen LogP contribution in [0.25, 0.3) is 22.4 Å². The molecule has 31 heavy (non-hydrogen) atoms. The van der Waals surface area contributed by atoms with Gasteiger partial charge in [0.25, 0.3) is 11.5 Å². The van der Waals surface area contributed by atoms with Gasteiger partial charge in [-0.1, -0.05) is 72.8 Å². The highest BCUT2D eigenvalue weighted by Gasteiger charge is 2.23. The monoisotopic (exact) mass is 409 g/mol. The molecule has 4 aromatic rings. The molecule has 0 aliphatic heterocycles. The number of amides is 1. The van der Waals surface area contributed by atoms with Crippen molar-refractivity contribution in [3.8, 4) is 22.4 Å². The molecule has 1 amide bonds. The minimum absolute atomic E-state index is 0.0709. The first-order valence-electron chi connectivity index (χ1n) is 9.71. The minimum atomic E-state index is -0.617. The maximum Gasteiger partial charge on any atom is 0.277 e. The molecule has 0 aliphatic rings. The van der Waals surface area contributed by atoms with Gasteiger partial charge in [-0.15, -0.1) is 0 Å². The summed E-state index contributed by atoms with van der Waals surface area (Å²) >= 11 is 0. The van der Waals surface area contributed by atoms with E-state index in [1.807, 2.05) is 60.7 Å². The molecule has 6 nitrogen and oxygen atoms in total. The Labute approximate surface area is 178 Å². The van der Waals surface area contributed by atoms with Gasteiger partial charge in [0, 0.05) is 16.7 Å². The number of anilines is 1. The standard InChI is InChI=1S/C25H19N3O3/c1-16(29)19-14-8-9-15-20(19)26-24(30)22-21(17-10-4-2-5-11-17)23(27-28-25(22)31)18-12-6-3-7-13-18/h2-15H,1H3,(H,26,30)(H,28,31). The van der Waals surface area contributed by atoms with Crippen molar-refractivity contribution in [3.63, 3.8) is 0 Å². The van der Waals surface area contributed by atoms with Crippen LogP contribution in [0.3, 0.4) is 0 Å². The smallest absolute Gasteiger partial charge is 0.277 e. The lowest BCUT2D eigenvalue weighted by Crippen LogP contribution is -2.26. The zero-order chi connectivity index (χ0) is 21.8. The summed E-state index contributed by atoms with van der Waals surface area (Å²) in [4.78, 5) is 38.1. The first kappa shape index (κ1) is 20.0. The summed E-state index contributed by atoms with van der Waals surface area (Å²) in [5.41, 5.74) is 2.38. The molecule has 0 atom stereocenters. The number of nitrogens with one attached hydrogen (secondary N) is 2. The van der Waals surface area contributed by atoms with Gasteiger partial charge in [0.2, 0.25) is 0 Å². The fraction of sp³-hybridized carbons (Fsp3) is 0.0400. The van der Waals surface area contributed by atoms with Crippen LogP contribution in [-0.2, 0) is 0 Å². The van der Waals surface area contributed by atoms with E-state index in [0.29, 0.717) is 28.1 Å². The second-order valence-corrected chi connectivity index (χ2v) is 6.94. The summed E-state index contributed by atoms with van der Waals surface area (Å²) in [7, 11) is 0. The van der Waals surface area contributed by atoms with Crippen LogP contribution in [0.5, 0.6) is 0 Å². The lowest BCUT2D eigenvalue weighted by Gasteiger charge is -2.14. The number of hydrogen-bond donors (Lipinski definition) is 2. The van der Waals surface area contributed by atoms with Crippen molar-refractivity contribution in [1.82, 2.24) is 10.2 Å². The number of ketones is 1. The van der Waals surface area contributed by atoms with Crippen molar-refractivity contribution < 1.29 is 9.59 Å². The Hall–Kier alpha value is -4.32. The number of carbonyl (C=O) groups is 2. The fourth-order valence-corrected chi connectivity index (χ4v) is 3.44. The zero-order valence-electron chi connectivity index (χ0n) is 16.8. The molecule has 2 N–H and O–H groups in total. The molecule has 0 aliphatic carbocycles. The van der Waals surface area contributed by atoms with Crippen LogP contribution in [0.1, 0.15) is 27.6 Å². The largest absolute Gasteiger partial charge is 0.321 e. The van der Waals surface area contributed by atoms with Crippen molar-refractivity contribution >= 4 is 17.4 Å². The van der Waals surface area contributed by atoms with E-state index < -0.39 is 11.5 Å². The van der Waals surface area contributed by atoms with Gasteiger partial charge in [-0.05, 0) is 24.6 Å². The van der Waals surface area contributed by atoms with Gasteiger partial charge in [0.1, 0.15) is 5.56 Å². The number of hydrogen-bond acceptors (Lipinski definition) is 4. The van der Waals surface area contributed by atoms with E-state index in [2.05, 4.69) is 15.5 Å². The van der Waals surface area contributed by atoms with E-state index >= 15 is 0 Å². The number of H-pyrrole nitrogens is 1. The van der Waals surface area contributed by atoms with E-state index in [0.717, 1.165) is 5.56 Å². The van der Waals surface area contributed by atoms with Gasteiger partial charge in [-0.25, -0.2) is 5.10 Å². The fourth-order valence-electron chi connectivity index (χ4n) is 3.44. The summed E-state index contributed by atoms with van der Waals surface area (Å²) in [6.45, 7) is 1.42. The van der Waals surface area contributed by atoms with E-state index in [1.165, 1.54) is 6.92 Å². The summed E-state index contributed by atoms with van der Waals surface area (Å²) in [6, 6.07) is 25.2. The number of aromatic amines is 1. The van der Waals surface area contributed by atoms with Gasteiger partial charge >= 0.3 is 0 Å². The van der Waals surface area contributed by atoms with Crippen molar-refractivity contribution in [2.45, 2.75) is 6.92 Å². The lowest BCUT2D eigenvalue weighted by atomic mass is 9.95. The second kappa shape index (κ2) is 8.59. The highest BCUT2D eigenvalue weighted by Crippen LogP contribution is 2.32. The van der Waals surface area contributed by atoms with Gasteiger partial charge in [0.05, 0.1) is 11.4 Å². The molecule has 0 bridgehead atoms.